The molecule has 1 heterocycles. The van der Waals surface area contributed by atoms with Gasteiger partial charge in [-0.25, -0.2) is 4.98 Å². The van der Waals surface area contributed by atoms with E-state index in [0.717, 1.165) is 35.6 Å². The summed E-state index contributed by atoms with van der Waals surface area (Å²) in [6.07, 6.45) is 2.63. The number of aromatic nitrogens is 3. The number of nitrogens with zero attached hydrogens (tertiary/aromatic N) is 3. The monoisotopic (exact) mass is 314 g/mol. The maximum atomic E-state index is 5.15. The van der Waals surface area contributed by atoms with Crippen LogP contribution in [0.15, 0.2) is 29.3 Å². The predicted octanol–water partition coefficient (Wildman–Crippen LogP) is 1.56. The molecule has 3 rings (SSSR count). The van der Waals surface area contributed by atoms with Crippen LogP contribution in [0.5, 0.6) is 5.75 Å². The van der Waals surface area contributed by atoms with Gasteiger partial charge in [-0.1, -0.05) is 0 Å². The number of rotatable bonds is 6. The molecule has 23 heavy (non-hydrogen) atoms. The van der Waals surface area contributed by atoms with Crippen molar-refractivity contribution in [1.29, 1.82) is 0 Å². The first-order chi connectivity index (χ1) is 11.3. The molecular weight excluding hydrogens is 292 g/mol. The van der Waals surface area contributed by atoms with Gasteiger partial charge in [-0.15, -0.1) is 0 Å². The first-order valence-corrected chi connectivity index (χ1v) is 7.78. The van der Waals surface area contributed by atoms with Crippen molar-refractivity contribution in [1.82, 2.24) is 25.8 Å². The molecule has 0 atom stereocenters. The standard InChI is InChI=1S/C16H22N6O/c1-17-16(18-9-11-3-4-11)19-10-14-20-15(22-21-14)12-5-7-13(23-2)8-6-12/h5-8,11H,3-4,9-10H2,1-2H3,(H2,17,18,19)(H,20,21,22). The molecule has 2 aromatic rings. The molecule has 7 heteroatoms. The maximum absolute atomic E-state index is 5.15. The number of methoxy groups -OCH3 is 1. The van der Waals surface area contributed by atoms with E-state index in [-0.39, 0.29) is 0 Å². The maximum Gasteiger partial charge on any atom is 0.191 e. The van der Waals surface area contributed by atoms with Gasteiger partial charge in [-0.3, -0.25) is 10.1 Å². The third kappa shape index (κ3) is 4.21. The lowest BCUT2D eigenvalue weighted by Gasteiger charge is -2.09. The lowest BCUT2D eigenvalue weighted by atomic mass is 10.2. The Labute approximate surface area is 135 Å². The van der Waals surface area contributed by atoms with Gasteiger partial charge in [-0.05, 0) is 43.0 Å². The Morgan fingerprint density at radius 2 is 2.09 bits per heavy atom. The summed E-state index contributed by atoms with van der Waals surface area (Å²) in [5.41, 5.74) is 0.949. The van der Waals surface area contributed by atoms with Crippen LogP contribution in [0.3, 0.4) is 0 Å². The van der Waals surface area contributed by atoms with Gasteiger partial charge in [-0.2, -0.15) is 5.10 Å². The van der Waals surface area contributed by atoms with Crippen molar-refractivity contribution in [2.24, 2.45) is 10.9 Å². The molecule has 0 radical (unpaired) electrons. The highest BCUT2D eigenvalue weighted by Crippen LogP contribution is 2.27. The number of guanidine groups is 1. The number of hydrogen-bond acceptors (Lipinski definition) is 4. The predicted molar refractivity (Wildman–Crippen MR) is 89.3 cm³/mol. The van der Waals surface area contributed by atoms with Gasteiger partial charge in [0.2, 0.25) is 0 Å². The smallest absolute Gasteiger partial charge is 0.191 e. The summed E-state index contributed by atoms with van der Waals surface area (Å²) in [7, 11) is 3.42. The van der Waals surface area contributed by atoms with E-state index in [4.69, 9.17) is 4.74 Å². The normalized spacial score (nSPS) is 14.6. The van der Waals surface area contributed by atoms with E-state index in [1.54, 1.807) is 14.2 Å². The van der Waals surface area contributed by atoms with Gasteiger partial charge in [0, 0.05) is 19.2 Å². The quantitative estimate of drug-likeness (QED) is 0.556. The molecule has 1 saturated carbocycles. The Kier molecular flexibility index (Phi) is 4.75. The molecule has 1 aromatic heterocycles. The number of ether oxygens (including phenoxy) is 1. The zero-order chi connectivity index (χ0) is 16.1. The van der Waals surface area contributed by atoms with Gasteiger partial charge in [0.1, 0.15) is 11.6 Å². The Morgan fingerprint density at radius 1 is 1.30 bits per heavy atom. The van der Waals surface area contributed by atoms with E-state index in [1.807, 2.05) is 24.3 Å². The highest BCUT2D eigenvalue weighted by Gasteiger charge is 2.21. The highest BCUT2D eigenvalue weighted by atomic mass is 16.5. The lowest BCUT2D eigenvalue weighted by Crippen LogP contribution is -2.38. The number of aromatic amines is 1. The Bertz CT molecular complexity index is 659. The van der Waals surface area contributed by atoms with E-state index in [2.05, 4.69) is 30.8 Å². The van der Waals surface area contributed by atoms with E-state index in [9.17, 15) is 0 Å². The van der Waals surface area contributed by atoms with Crippen molar-refractivity contribution in [2.45, 2.75) is 19.4 Å². The second kappa shape index (κ2) is 7.13. The first-order valence-electron chi connectivity index (χ1n) is 7.78. The fourth-order valence-corrected chi connectivity index (χ4v) is 2.19. The summed E-state index contributed by atoms with van der Waals surface area (Å²) in [6.45, 7) is 1.53. The number of aliphatic imine (C=N–C) groups is 1. The van der Waals surface area contributed by atoms with Crippen molar-refractivity contribution in [3.05, 3.63) is 30.1 Å². The molecule has 122 valence electrons. The van der Waals surface area contributed by atoms with Crippen LogP contribution in [-0.4, -0.2) is 41.8 Å². The zero-order valence-electron chi connectivity index (χ0n) is 13.5. The molecule has 0 aliphatic heterocycles. The molecule has 1 fully saturated rings. The summed E-state index contributed by atoms with van der Waals surface area (Å²) < 4.78 is 5.15. The minimum atomic E-state index is 0.549. The van der Waals surface area contributed by atoms with Crippen LogP contribution in [0.4, 0.5) is 0 Å². The second-order valence-electron chi connectivity index (χ2n) is 5.58. The first kappa shape index (κ1) is 15.3. The largest absolute Gasteiger partial charge is 0.497 e. The summed E-state index contributed by atoms with van der Waals surface area (Å²) in [4.78, 5) is 8.70. The summed E-state index contributed by atoms with van der Waals surface area (Å²) in [6, 6.07) is 7.67. The van der Waals surface area contributed by atoms with E-state index >= 15 is 0 Å². The van der Waals surface area contributed by atoms with E-state index in [0.29, 0.717) is 12.4 Å². The van der Waals surface area contributed by atoms with Crippen LogP contribution in [-0.2, 0) is 6.54 Å². The van der Waals surface area contributed by atoms with Gasteiger partial charge >= 0.3 is 0 Å². The van der Waals surface area contributed by atoms with Crippen LogP contribution in [0.25, 0.3) is 11.4 Å². The highest BCUT2D eigenvalue weighted by molar-refractivity contribution is 5.79. The summed E-state index contributed by atoms with van der Waals surface area (Å²) in [5, 5.41) is 13.8. The average Bonchev–Trinajstić information content (AvgIpc) is 3.31. The molecular formula is C16H22N6O. The average molecular weight is 314 g/mol. The van der Waals surface area contributed by atoms with Crippen molar-refractivity contribution >= 4 is 5.96 Å². The molecule has 1 aliphatic carbocycles. The molecule has 7 nitrogen and oxygen atoms in total. The zero-order valence-corrected chi connectivity index (χ0v) is 13.5. The van der Waals surface area contributed by atoms with Gasteiger partial charge in [0.25, 0.3) is 0 Å². The Balaban J connectivity index is 1.55. The van der Waals surface area contributed by atoms with E-state index in [1.165, 1.54) is 12.8 Å². The number of benzene rings is 1. The summed E-state index contributed by atoms with van der Waals surface area (Å²) in [5.74, 6) is 3.85. The Morgan fingerprint density at radius 3 is 2.74 bits per heavy atom. The SMILES string of the molecule is CN=C(NCc1nc(-c2ccc(OC)cc2)n[nH]1)NCC1CC1. The molecule has 3 N–H and O–H groups in total. The third-order valence-corrected chi connectivity index (χ3v) is 3.78. The van der Waals surface area contributed by atoms with Crippen LogP contribution in [0.2, 0.25) is 0 Å². The third-order valence-electron chi connectivity index (χ3n) is 3.78. The van der Waals surface area contributed by atoms with Crippen LogP contribution < -0.4 is 15.4 Å². The molecule has 1 aromatic carbocycles. The van der Waals surface area contributed by atoms with Gasteiger partial charge in [0.05, 0.1) is 13.7 Å². The fraction of sp³-hybridized carbons (Fsp3) is 0.438. The van der Waals surface area contributed by atoms with Crippen molar-refractivity contribution in [3.63, 3.8) is 0 Å². The van der Waals surface area contributed by atoms with Crippen molar-refractivity contribution in [2.75, 3.05) is 20.7 Å². The van der Waals surface area contributed by atoms with Gasteiger partial charge < -0.3 is 15.4 Å². The van der Waals surface area contributed by atoms with Crippen molar-refractivity contribution < 1.29 is 4.74 Å². The topological polar surface area (TPSA) is 87.2 Å². The minimum absolute atomic E-state index is 0.549. The van der Waals surface area contributed by atoms with E-state index < -0.39 is 0 Å². The molecule has 1 aliphatic rings. The van der Waals surface area contributed by atoms with Crippen LogP contribution in [0, 0.1) is 5.92 Å². The summed E-state index contributed by atoms with van der Waals surface area (Å²) >= 11 is 0. The molecule has 0 saturated heterocycles. The van der Waals surface area contributed by atoms with Crippen molar-refractivity contribution in [3.8, 4) is 17.1 Å². The Hall–Kier alpha value is -2.57. The second-order valence-corrected chi connectivity index (χ2v) is 5.58. The number of hydrogen-bond donors (Lipinski definition) is 3. The minimum Gasteiger partial charge on any atom is -0.497 e. The number of nitrogens with one attached hydrogen (secondary N) is 3. The molecule has 0 spiro atoms. The van der Waals surface area contributed by atoms with Crippen LogP contribution in [0.1, 0.15) is 18.7 Å². The molecule has 0 unspecified atom stereocenters. The molecule has 0 bridgehead atoms. The number of H-pyrrole nitrogens is 1. The molecule has 0 amide bonds. The van der Waals surface area contributed by atoms with Crippen LogP contribution >= 0.6 is 0 Å². The fourth-order valence-electron chi connectivity index (χ4n) is 2.19. The van der Waals surface area contributed by atoms with Gasteiger partial charge in [0.15, 0.2) is 11.8 Å². The lowest BCUT2D eigenvalue weighted by molar-refractivity contribution is 0.415.